The van der Waals surface area contributed by atoms with E-state index in [0.717, 1.165) is 6.42 Å². The van der Waals surface area contributed by atoms with Crippen molar-refractivity contribution in [3.8, 4) is 0 Å². The van der Waals surface area contributed by atoms with Crippen LogP contribution in [0.25, 0.3) is 0 Å². The standard InChI is InChI=1S/C32H45O7PSi/c1-9-34-40(33,38-23(2)3)35-21-20-32-22-26(32)27(28-29(32)37-31(7,8)36-28)39-41(30(4,5)6,24-16-12-10-13-17-24)25-18-14-11-15-19-25/h10-21,23,26-29H,9,22H2,1-8H3/b21-20+/t26-,27+,28+,29+,32?,40?/m1/s1. The Balaban J connectivity index is 1.52. The molecule has 5 rings (SSSR count). The molecule has 2 aromatic rings. The molecule has 0 N–H and O–H groups in total. The zero-order valence-electron chi connectivity index (χ0n) is 25.5. The Morgan fingerprint density at radius 2 is 1.61 bits per heavy atom. The van der Waals surface area contributed by atoms with Crippen LogP contribution in [0.2, 0.25) is 5.04 Å². The Bertz CT molecular complexity index is 1240. The summed E-state index contributed by atoms with van der Waals surface area (Å²) in [6.07, 6.45) is 3.35. The monoisotopic (exact) mass is 600 g/mol. The van der Waals surface area contributed by atoms with Gasteiger partial charge in [0.2, 0.25) is 0 Å². The lowest BCUT2D eigenvalue weighted by Gasteiger charge is -2.45. The summed E-state index contributed by atoms with van der Waals surface area (Å²) in [5.74, 6) is -0.591. The predicted octanol–water partition coefficient (Wildman–Crippen LogP) is 6.57. The average Bonchev–Trinajstić information content (AvgIpc) is 3.44. The second-order valence-corrected chi connectivity index (χ2v) is 18.9. The van der Waals surface area contributed by atoms with Crippen LogP contribution in [0.15, 0.2) is 73.0 Å². The lowest BCUT2D eigenvalue weighted by atomic mass is 9.99. The summed E-state index contributed by atoms with van der Waals surface area (Å²) in [6.45, 7) is 16.4. The molecule has 1 heterocycles. The zero-order valence-corrected chi connectivity index (χ0v) is 27.4. The highest BCUT2D eigenvalue weighted by Crippen LogP contribution is 2.70. The fourth-order valence-corrected chi connectivity index (χ4v) is 12.7. The number of phosphoric ester groups is 1. The molecular weight excluding hydrogens is 555 g/mol. The van der Waals surface area contributed by atoms with Crippen LogP contribution < -0.4 is 10.4 Å². The highest BCUT2D eigenvalue weighted by molar-refractivity contribution is 7.48. The summed E-state index contributed by atoms with van der Waals surface area (Å²) < 4.78 is 50.4. The molecule has 1 aliphatic heterocycles. The summed E-state index contributed by atoms with van der Waals surface area (Å²) in [5.41, 5.74) is -0.358. The first-order valence-corrected chi connectivity index (χ1v) is 18.1. The topological polar surface area (TPSA) is 72.5 Å². The van der Waals surface area contributed by atoms with Crippen molar-refractivity contribution in [2.75, 3.05) is 6.61 Å². The molecule has 7 nitrogen and oxygen atoms in total. The van der Waals surface area contributed by atoms with Crippen LogP contribution in [0.4, 0.5) is 0 Å². The number of phosphoric acid groups is 1. The van der Waals surface area contributed by atoms with Crippen molar-refractivity contribution in [3.63, 3.8) is 0 Å². The van der Waals surface area contributed by atoms with Crippen LogP contribution in [0.1, 0.15) is 61.8 Å². The van der Waals surface area contributed by atoms with Crippen LogP contribution in [0, 0.1) is 11.3 Å². The van der Waals surface area contributed by atoms with E-state index in [1.165, 1.54) is 16.6 Å². The maximum atomic E-state index is 13.1. The number of hydrogen-bond acceptors (Lipinski definition) is 7. The molecule has 6 atom stereocenters. The molecule has 2 saturated carbocycles. The van der Waals surface area contributed by atoms with E-state index in [2.05, 4.69) is 81.4 Å². The number of fused-ring (bicyclic) bond motifs is 3. The fraction of sp³-hybridized carbons (Fsp3) is 0.562. The smallest absolute Gasteiger partial charge is 0.412 e. The number of rotatable bonds is 11. The van der Waals surface area contributed by atoms with Gasteiger partial charge in [-0.25, -0.2) is 4.57 Å². The van der Waals surface area contributed by atoms with E-state index in [9.17, 15) is 4.57 Å². The van der Waals surface area contributed by atoms with Gasteiger partial charge in [0.05, 0.1) is 31.2 Å². The fourth-order valence-electron chi connectivity index (χ4n) is 6.81. The van der Waals surface area contributed by atoms with Crippen molar-refractivity contribution in [1.29, 1.82) is 0 Å². The summed E-state index contributed by atoms with van der Waals surface area (Å²) in [7, 11) is -6.57. The molecule has 2 unspecified atom stereocenters. The van der Waals surface area contributed by atoms with Gasteiger partial charge >= 0.3 is 7.82 Å². The van der Waals surface area contributed by atoms with Crippen molar-refractivity contribution >= 4 is 26.5 Å². The van der Waals surface area contributed by atoms with Gasteiger partial charge in [0.15, 0.2) is 5.79 Å². The highest BCUT2D eigenvalue weighted by atomic mass is 31.2. The quantitative estimate of drug-likeness (QED) is 0.164. The lowest BCUT2D eigenvalue weighted by Crippen LogP contribution is -2.68. The van der Waals surface area contributed by atoms with E-state index < -0.39 is 21.9 Å². The second-order valence-electron chi connectivity index (χ2n) is 13.1. The van der Waals surface area contributed by atoms with Gasteiger partial charge in [-0.2, -0.15) is 0 Å². The molecule has 0 aromatic heterocycles. The van der Waals surface area contributed by atoms with Crippen molar-refractivity contribution in [3.05, 3.63) is 73.0 Å². The molecular formula is C32H45O7PSi. The molecule has 0 radical (unpaired) electrons. The summed E-state index contributed by atoms with van der Waals surface area (Å²) in [6, 6.07) is 21.3. The minimum absolute atomic E-state index is 0.160. The van der Waals surface area contributed by atoms with Gasteiger partial charge in [-0.15, -0.1) is 0 Å². The summed E-state index contributed by atoms with van der Waals surface area (Å²) >= 11 is 0. The first-order chi connectivity index (χ1) is 19.3. The second kappa shape index (κ2) is 11.1. The van der Waals surface area contributed by atoms with Crippen LogP contribution in [0.5, 0.6) is 0 Å². The minimum Gasteiger partial charge on any atom is -0.412 e. The van der Waals surface area contributed by atoms with Crippen LogP contribution in [-0.4, -0.2) is 45.1 Å². The van der Waals surface area contributed by atoms with Gasteiger partial charge in [-0.3, -0.25) is 9.05 Å². The van der Waals surface area contributed by atoms with E-state index in [-0.39, 0.29) is 47.4 Å². The summed E-state index contributed by atoms with van der Waals surface area (Å²) in [4.78, 5) is 0. The third kappa shape index (κ3) is 5.65. The minimum atomic E-state index is -3.73. The number of benzene rings is 2. The largest absolute Gasteiger partial charge is 0.529 e. The Labute approximate surface area is 246 Å². The third-order valence-corrected chi connectivity index (χ3v) is 15.1. The number of hydrogen-bond donors (Lipinski definition) is 0. The Morgan fingerprint density at radius 1 is 1.02 bits per heavy atom. The van der Waals surface area contributed by atoms with Crippen molar-refractivity contribution in [2.24, 2.45) is 11.3 Å². The molecule has 9 heteroatoms. The molecule has 0 amide bonds. The third-order valence-electron chi connectivity index (χ3n) is 8.41. The SMILES string of the molecule is CCOP(=O)(O/C=C/C12C[C@@H]1[C@H](O[Si](c1ccccc1)(c1ccccc1)C(C)(C)C)[C@@H]1OC(C)(C)O[C@@H]12)OC(C)C. The van der Waals surface area contributed by atoms with E-state index in [0.29, 0.717) is 0 Å². The van der Waals surface area contributed by atoms with Gasteiger partial charge in [0.25, 0.3) is 8.32 Å². The lowest BCUT2D eigenvalue weighted by molar-refractivity contribution is -0.164. The van der Waals surface area contributed by atoms with Gasteiger partial charge in [-0.1, -0.05) is 81.4 Å². The van der Waals surface area contributed by atoms with Gasteiger partial charge < -0.3 is 18.4 Å². The first-order valence-electron chi connectivity index (χ1n) is 14.7. The van der Waals surface area contributed by atoms with Crippen LogP contribution in [-0.2, 0) is 32.0 Å². The average molecular weight is 601 g/mol. The molecule has 3 fully saturated rings. The van der Waals surface area contributed by atoms with Crippen molar-refractivity contribution in [2.45, 2.75) is 97.1 Å². The molecule has 224 valence electrons. The molecule has 0 bridgehead atoms. The van der Waals surface area contributed by atoms with E-state index in [1.54, 1.807) is 20.8 Å². The van der Waals surface area contributed by atoms with E-state index >= 15 is 0 Å². The van der Waals surface area contributed by atoms with Crippen LogP contribution >= 0.6 is 7.82 Å². The van der Waals surface area contributed by atoms with Crippen molar-refractivity contribution < 1.29 is 32.0 Å². The Morgan fingerprint density at radius 3 is 2.12 bits per heavy atom. The van der Waals surface area contributed by atoms with Gasteiger partial charge in [0, 0.05) is 5.41 Å². The van der Waals surface area contributed by atoms with Gasteiger partial charge in [-0.05, 0) is 68.4 Å². The van der Waals surface area contributed by atoms with Crippen LogP contribution in [0.3, 0.4) is 0 Å². The normalized spacial score (nSPS) is 30.3. The molecule has 0 spiro atoms. The summed E-state index contributed by atoms with van der Waals surface area (Å²) in [5, 5.41) is 2.29. The highest BCUT2D eigenvalue weighted by Gasteiger charge is 2.76. The molecule has 41 heavy (non-hydrogen) atoms. The zero-order chi connectivity index (χ0) is 29.7. The maximum Gasteiger partial charge on any atom is 0.529 e. The molecule has 3 aliphatic rings. The Kier molecular flexibility index (Phi) is 8.27. The molecule has 2 aromatic carbocycles. The molecule has 2 aliphatic carbocycles. The molecule has 1 saturated heterocycles. The van der Waals surface area contributed by atoms with Crippen molar-refractivity contribution in [1.82, 2.24) is 0 Å². The Hall–Kier alpha value is -1.77. The first kappa shape index (κ1) is 30.7. The maximum absolute atomic E-state index is 13.1. The predicted molar refractivity (Wildman–Crippen MR) is 163 cm³/mol. The number of ether oxygens (including phenoxy) is 2. The van der Waals surface area contributed by atoms with E-state index in [1.807, 2.05) is 19.9 Å². The van der Waals surface area contributed by atoms with E-state index in [4.69, 9.17) is 27.5 Å². The van der Waals surface area contributed by atoms with Gasteiger partial charge in [0.1, 0.15) is 6.10 Å².